The van der Waals surface area contributed by atoms with Gasteiger partial charge in [0.15, 0.2) is 0 Å². The Morgan fingerprint density at radius 2 is 2.22 bits per heavy atom. The van der Waals surface area contributed by atoms with Crippen LogP contribution in [0.4, 0.5) is 0 Å². The molecule has 1 heterocycles. The Hall–Kier alpha value is -1.56. The zero-order valence-electron chi connectivity index (χ0n) is 10.7. The normalized spacial score (nSPS) is 17.7. The van der Waals surface area contributed by atoms with Crippen LogP contribution in [0.3, 0.4) is 0 Å². The number of aromatic nitrogens is 2. The lowest BCUT2D eigenvalue weighted by molar-refractivity contribution is 0.410. The maximum absolute atomic E-state index is 5.49. The van der Waals surface area contributed by atoms with E-state index in [0.717, 1.165) is 6.54 Å². The molecule has 0 aliphatic heterocycles. The minimum atomic E-state index is 0.516. The summed E-state index contributed by atoms with van der Waals surface area (Å²) in [5.74, 6) is 6.18. The number of hydrogen-bond donors (Lipinski definition) is 3. The number of aliphatic imine (C=N–C) groups is 1. The maximum atomic E-state index is 5.49. The van der Waals surface area contributed by atoms with Crippen LogP contribution >= 0.6 is 0 Å². The number of nitrogens with two attached hydrogens (primary N) is 1. The van der Waals surface area contributed by atoms with Gasteiger partial charge >= 0.3 is 0 Å². The summed E-state index contributed by atoms with van der Waals surface area (Å²) in [6.45, 7) is 1.51. The van der Waals surface area contributed by atoms with Gasteiger partial charge < -0.3 is 9.88 Å². The van der Waals surface area contributed by atoms with Gasteiger partial charge in [0.1, 0.15) is 0 Å². The standard InChI is InChI=1S/C12H22N6/c13-17-12(16-11-4-2-1-3-5-11)15-7-9-18-8-6-14-10-18/h6,8,10-11H,1-5,7,9,13H2,(H2,15,16,17). The van der Waals surface area contributed by atoms with Gasteiger partial charge in [0.25, 0.3) is 0 Å². The van der Waals surface area contributed by atoms with Crippen LogP contribution in [0.1, 0.15) is 32.1 Å². The van der Waals surface area contributed by atoms with E-state index in [1.807, 2.05) is 10.8 Å². The lowest BCUT2D eigenvalue weighted by Gasteiger charge is -2.24. The molecule has 1 fully saturated rings. The Morgan fingerprint density at radius 3 is 2.89 bits per heavy atom. The van der Waals surface area contributed by atoms with E-state index in [-0.39, 0.29) is 0 Å². The van der Waals surface area contributed by atoms with E-state index in [0.29, 0.717) is 18.5 Å². The van der Waals surface area contributed by atoms with Crippen molar-refractivity contribution in [1.82, 2.24) is 20.3 Å². The predicted octanol–water partition coefficient (Wildman–Crippen LogP) is 0.625. The van der Waals surface area contributed by atoms with Gasteiger partial charge in [0, 0.05) is 25.0 Å². The van der Waals surface area contributed by atoms with E-state index in [4.69, 9.17) is 5.84 Å². The maximum Gasteiger partial charge on any atom is 0.206 e. The highest BCUT2D eigenvalue weighted by Gasteiger charge is 2.13. The van der Waals surface area contributed by atoms with Crippen LogP contribution in [0.25, 0.3) is 0 Å². The van der Waals surface area contributed by atoms with Crippen molar-refractivity contribution in [2.45, 2.75) is 44.7 Å². The topological polar surface area (TPSA) is 80.3 Å². The molecule has 1 saturated carbocycles. The molecule has 6 nitrogen and oxygen atoms in total. The van der Waals surface area contributed by atoms with Crippen LogP contribution in [-0.2, 0) is 6.54 Å². The molecule has 0 bridgehead atoms. The summed E-state index contributed by atoms with van der Waals surface area (Å²) in [5.41, 5.74) is 2.64. The minimum Gasteiger partial charge on any atom is -0.353 e. The third-order valence-electron chi connectivity index (χ3n) is 3.27. The van der Waals surface area contributed by atoms with E-state index >= 15 is 0 Å². The first kappa shape index (κ1) is 12.9. The second-order valence-corrected chi connectivity index (χ2v) is 4.65. The molecule has 0 saturated heterocycles. The van der Waals surface area contributed by atoms with Crippen LogP contribution in [0.5, 0.6) is 0 Å². The third-order valence-corrected chi connectivity index (χ3v) is 3.27. The molecular weight excluding hydrogens is 228 g/mol. The molecule has 4 N–H and O–H groups in total. The van der Waals surface area contributed by atoms with Crippen LogP contribution in [0.2, 0.25) is 0 Å². The minimum absolute atomic E-state index is 0.516. The van der Waals surface area contributed by atoms with Gasteiger partial charge in [-0.25, -0.2) is 10.8 Å². The number of rotatable bonds is 4. The molecule has 100 valence electrons. The Labute approximate surface area is 108 Å². The summed E-state index contributed by atoms with van der Waals surface area (Å²) in [5, 5.41) is 3.37. The second-order valence-electron chi connectivity index (χ2n) is 4.65. The molecule has 0 aromatic carbocycles. The summed E-state index contributed by atoms with van der Waals surface area (Å²) in [4.78, 5) is 8.42. The lowest BCUT2D eigenvalue weighted by Crippen LogP contribution is -2.47. The zero-order valence-corrected chi connectivity index (χ0v) is 10.7. The molecule has 0 amide bonds. The summed E-state index contributed by atoms with van der Waals surface area (Å²) >= 11 is 0. The van der Waals surface area contributed by atoms with Crippen molar-refractivity contribution in [2.75, 3.05) is 6.54 Å². The van der Waals surface area contributed by atoms with Crippen molar-refractivity contribution < 1.29 is 0 Å². The Morgan fingerprint density at radius 1 is 1.39 bits per heavy atom. The molecule has 0 atom stereocenters. The van der Waals surface area contributed by atoms with E-state index < -0.39 is 0 Å². The zero-order chi connectivity index (χ0) is 12.6. The van der Waals surface area contributed by atoms with Crippen molar-refractivity contribution in [2.24, 2.45) is 10.8 Å². The number of hydrazine groups is 1. The number of guanidine groups is 1. The van der Waals surface area contributed by atoms with Gasteiger partial charge in [-0.15, -0.1) is 0 Å². The van der Waals surface area contributed by atoms with Crippen molar-refractivity contribution in [3.05, 3.63) is 18.7 Å². The molecule has 1 aromatic rings. The van der Waals surface area contributed by atoms with Crippen LogP contribution < -0.4 is 16.6 Å². The first-order chi connectivity index (χ1) is 8.88. The van der Waals surface area contributed by atoms with Crippen LogP contribution in [0, 0.1) is 0 Å². The first-order valence-electron chi connectivity index (χ1n) is 6.62. The van der Waals surface area contributed by atoms with Crippen LogP contribution in [0.15, 0.2) is 23.7 Å². The van der Waals surface area contributed by atoms with Gasteiger partial charge in [-0.3, -0.25) is 10.4 Å². The van der Waals surface area contributed by atoms with Gasteiger partial charge in [-0.1, -0.05) is 19.3 Å². The van der Waals surface area contributed by atoms with E-state index in [1.165, 1.54) is 32.1 Å². The molecule has 18 heavy (non-hydrogen) atoms. The number of imidazole rings is 1. The summed E-state index contributed by atoms with van der Waals surface area (Å²) in [6.07, 6.45) is 11.9. The average Bonchev–Trinajstić information content (AvgIpc) is 2.92. The van der Waals surface area contributed by atoms with Gasteiger partial charge in [-0.05, 0) is 12.8 Å². The molecule has 1 aromatic heterocycles. The SMILES string of the molecule is NNC(=NCCn1ccnc1)NC1CCCCC1. The van der Waals surface area contributed by atoms with Gasteiger partial charge in [0.05, 0.1) is 12.9 Å². The fraction of sp³-hybridized carbons (Fsp3) is 0.667. The van der Waals surface area contributed by atoms with Gasteiger partial charge in [0.2, 0.25) is 5.96 Å². The predicted molar refractivity (Wildman–Crippen MR) is 71.9 cm³/mol. The van der Waals surface area contributed by atoms with Gasteiger partial charge in [-0.2, -0.15) is 0 Å². The average molecular weight is 250 g/mol. The summed E-state index contributed by atoms with van der Waals surface area (Å²) in [6, 6.07) is 0.516. The first-order valence-corrected chi connectivity index (χ1v) is 6.62. The quantitative estimate of drug-likeness (QED) is 0.317. The molecule has 1 aliphatic carbocycles. The summed E-state index contributed by atoms with van der Waals surface area (Å²) in [7, 11) is 0. The number of hydrogen-bond acceptors (Lipinski definition) is 3. The Bertz CT molecular complexity index is 353. The second kappa shape index (κ2) is 7.00. The third kappa shape index (κ3) is 4.03. The molecule has 0 unspecified atom stereocenters. The molecule has 6 heteroatoms. The number of nitrogens with one attached hydrogen (secondary N) is 2. The Kier molecular flexibility index (Phi) is 5.01. The lowest BCUT2D eigenvalue weighted by atomic mass is 9.96. The summed E-state index contributed by atoms with van der Waals surface area (Å²) < 4.78 is 2.00. The smallest absolute Gasteiger partial charge is 0.206 e. The molecule has 0 spiro atoms. The molecule has 2 rings (SSSR count). The van der Waals surface area contributed by atoms with Crippen LogP contribution in [-0.4, -0.2) is 28.1 Å². The fourth-order valence-electron chi connectivity index (χ4n) is 2.27. The van der Waals surface area contributed by atoms with E-state index in [9.17, 15) is 0 Å². The highest BCUT2D eigenvalue weighted by molar-refractivity contribution is 5.79. The van der Waals surface area contributed by atoms with E-state index in [1.54, 1.807) is 12.5 Å². The molecule has 0 radical (unpaired) electrons. The van der Waals surface area contributed by atoms with E-state index in [2.05, 4.69) is 20.7 Å². The monoisotopic (exact) mass is 250 g/mol. The highest BCUT2D eigenvalue weighted by atomic mass is 15.3. The van der Waals surface area contributed by atoms with Crippen molar-refractivity contribution in [3.63, 3.8) is 0 Å². The largest absolute Gasteiger partial charge is 0.353 e. The van der Waals surface area contributed by atoms with Crippen molar-refractivity contribution >= 4 is 5.96 Å². The highest BCUT2D eigenvalue weighted by Crippen LogP contribution is 2.17. The van der Waals surface area contributed by atoms with Crippen molar-refractivity contribution in [1.29, 1.82) is 0 Å². The number of nitrogens with zero attached hydrogens (tertiary/aromatic N) is 3. The molecular formula is C12H22N6. The molecule has 1 aliphatic rings. The fourth-order valence-corrected chi connectivity index (χ4v) is 2.27. The van der Waals surface area contributed by atoms with Crippen molar-refractivity contribution in [3.8, 4) is 0 Å². The Balaban J connectivity index is 1.76.